The molecular weight excluding hydrogens is 767 g/mol. The number of aryl methyl sites for hydroxylation is 2. The summed E-state index contributed by atoms with van der Waals surface area (Å²) in [4.78, 5) is 65.2. The van der Waals surface area contributed by atoms with E-state index in [2.05, 4.69) is 38.1 Å². The first-order chi connectivity index (χ1) is 28.6. The number of nitrogens with one attached hydrogen (secondary N) is 3. The number of para-hydroxylation sites is 1. The third-order valence-electron chi connectivity index (χ3n) is 10.2. The first kappa shape index (κ1) is 38.8. The minimum absolute atomic E-state index is 0.113. The quantitative estimate of drug-likeness (QED) is 0.106. The van der Waals surface area contributed by atoms with E-state index in [4.69, 9.17) is 9.47 Å². The number of carbonyl (C=O) groups is 4. The fourth-order valence-electron chi connectivity index (χ4n) is 7.17. The summed E-state index contributed by atoms with van der Waals surface area (Å²) >= 11 is 1.35. The molecule has 4 amide bonds. The third-order valence-corrected chi connectivity index (χ3v) is 11.5. The van der Waals surface area contributed by atoms with E-state index in [9.17, 15) is 19.2 Å². The average molecular weight is 808 g/mol. The van der Waals surface area contributed by atoms with Crippen LogP contribution in [0.3, 0.4) is 0 Å². The van der Waals surface area contributed by atoms with Crippen molar-refractivity contribution >= 4 is 63.9 Å². The predicted molar refractivity (Wildman–Crippen MR) is 228 cm³/mol. The van der Waals surface area contributed by atoms with Crippen LogP contribution in [0, 0.1) is 6.92 Å². The first-order valence-electron chi connectivity index (χ1n) is 19.1. The maximum absolute atomic E-state index is 13.7. The molecule has 3 N–H and O–H groups in total. The molecule has 5 heterocycles. The zero-order valence-electron chi connectivity index (χ0n) is 32.7. The van der Waals surface area contributed by atoms with Crippen LogP contribution in [0.5, 0.6) is 11.5 Å². The molecule has 0 fully saturated rings. The van der Waals surface area contributed by atoms with Crippen molar-refractivity contribution < 1.29 is 28.7 Å². The number of benzene rings is 3. The number of rotatable bonds is 12. The topological polar surface area (TPSA) is 156 Å². The lowest BCUT2D eigenvalue weighted by atomic mass is 9.94. The number of hydrogen-bond acceptors (Lipinski definition) is 9. The summed E-state index contributed by atoms with van der Waals surface area (Å²) in [7, 11) is 3.24. The molecule has 14 heteroatoms. The van der Waals surface area contributed by atoms with Gasteiger partial charge in [-0.25, -0.2) is 0 Å². The van der Waals surface area contributed by atoms with Crippen LogP contribution in [0.1, 0.15) is 60.1 Å². The van der Waals surface area contributed by atoms with Gasteiger partial charge in [0.2, 0.25) is 5.91 Å². The Hall–Kier alpha value is -7.06. The van der Waals surface area contributed by atoms with Gasteiger partial charge in [0.1, 0.15) is 5.69 Å². The Morgan fingerprint density at radius 2 is 1.64 bits per heavy atom. The summed E-state index contributed by atoms with van der Waals surface area (Å²) in [6.45, 7) is 2.62. The molecule has 1 unspecified atom stereocenters. The summed E-state index contributed by atoms with van der Waals surface area (Å²) in [5.41, 5.74) is 6.85. The Kier molecular flexibility index (Phi) is 11.1. The van der Waals surface area contributed by atoms with Crippen LogP contribution in [-0.2, 0) is 24.8 Å². The van der Waals surface area contributed by atoms with E-state index >= 15 is 0 Å². The molecular formula is C45H41N7O6S. The van der Waals surface area contributed by atoms with Crippen LogP contribution in [-0.4, -0.2) is 64.1 Å². The Morgan fingerprint density at radius 3 is 2.42 bits per heavy atom. The summed E-state index contributed by atoms with van der Waals surface area (Å²) in [6.07, 6.45) is 6.33. The smallest absolute Gasteiger partial charge is 0.272 e. The number of amides is 4. The lowest BCUT2D eigenvalue weighted by Crippen LogP contribution is -2.44. The van der Waals surface area contributed by atoms with Crippen molar-refractivity contribution in [2.45, 2.75) is 38.8 Å². The monoisotopic (exact) mass is 807 g/mol. The predicted octanol–water partition coefficient (Wildman–Crippen LogP) is 8.05. The highest BCUT2D eigenvalue weighted by molar-refractivity contribution is 7.17. The van der Waals surface area contributed by atoms with Crippen LogP contribution < -0.4 is 25.4 Å². The molecule has 3 aromatic heterocycles. The molecule has 13 nitrogen and oxygen atoms in total. The fourth-order valence-corrected chi connectivity index (χ4v) is 8.22. The molecule has 59 heavy (non-hydrogen) atoms. The second kappa shape index (κ2) is 16.8. The summed E-state index contributed by atoms with van der Waals surface area (Å²) in [5, 5.41) is 8.64. The van der Waals surface area contributed by atoms with Gasteiger partial charge in [-0.05, 0) is 78.9 Å². The molecule has 2 aliphatic heterocycles. The minimum Gasteiger partial charge on any atom is -0.493 e. The molecule has 0 bridgehead atoms. The van der Waals surface area contributed by atoms with Crippen LogP contribution in [0.2, 0.25) is 0 Å². The van der Waals surface area contributed by atoms with Gasteiger partial charge in [0.25, 0.3) is 17.7 Å². The number of pyridine rings is 1. The highest BCUT2D eigenvalue weighted by Crippen LogP contribution is 2.39. The molecule has 8 rings (SSSR count). The SMILES string of the molecule is COc1cc2c(cc1OCCCC(=O)Nc1cc(C(=O)Nc3ccc(-c4cc(C)c(C(=O)Nc5ccccc5)s4)nc3)n(C)c1)N=CC1Cc3ccccc3CN1C2=O. The highest BCUT2D eigenvalue weighted by atomic mass is 32.1. The van der Waals surface area contributed by atoms with Crippen molar-refractivity contribution in [2.24, 2.45) is 12.0 Å². The summed E-state index contributed by atoms with van der Waals surface area (Å²) < 4.78 is 13.3. The van der Waals surface area contributed by atoms with Gasteiger partial charge in [-0.3, -0.25) is 29.2 Å². The average Bonchev–Trinajstić information content (AvgIpc) is 3.79. The van der Waals surface area contributed by atoms with E-state index < -0.39 is 0 Å². The zero-order chi connectivity index (χ0) is 41.0. The van der Waals surface area contributed by atoms with Gasteiger partial charge in [0.05, 0.1) is 64.0 Å². The second-order valence-electron chi connectivity index (χ2n) is 14.3. The van der Waals surface area contributed by atoms with E-state index in [-0.39, 0.29) is 42.7 Å². The van der Waals surface area contributed by atoms with Crippen molar-refractivity contribution in [3.05, 3.63) is 136 Å². The van der Waals surface area contributed by atoms with Crippen molar-refractivity contribution in [3.63, 3.8) is 0 Å². The Balaban J connectivity index is 0.827. The van der Waals surface area contributed by atoms with Crippen molar-refractivity contribution in [2.75, 3.05) is 29.7 Å². The number of hydrogen-bond donors (Lipinski definition) is 3. The number of thiophene rings is 1. The lowest BCUT2D eigenvalue weighted by molar-refractivity contribution is -0.116. The fraction of sp³-hybridized carbons (Fsp3) is 0.200. The molecule has 0 saturated heterocycles. The number of fused-ring (bicyclic) bond motifs is 3. The standard InChI is InChI=1S/C45H41N7O6S/c1-27-18-40(59-42(27)44(55)49-30-12-5-4-6-13-30)35-16-15-31(23-46-35)50-43(54)37-20-32(26-51(37)2)48-41(53)14-9-17-58-39-22-36-34(21-38(39)57-3)45(56)52-25-29-11-8-7-10-28(29)19-33(52)24-47-36/h4-8,10-13,15-16,18,20-24,26,33H,9,14,17,19,25H2,1-3H3,(H,48,53)(H,49,55)(H,50,54). The second-order valence-corrected chi connectivity index (χ2v) is 15.4. The number of aromatic nitrogens is 2. The largest absolute Gasteiger partial charge is 0.493 e. The zero-order valence-corrected chi connectivity index (χ0v) is 33.5. The molecule has 0 spiro atoms. The number of anilines is 3. The molecule has 2 aliphatic rings. The molecule has 298 valence electrons. The maximum atomic E-state index is 13.7. The lowest BCUT2D eigenvalue weighted by Gasteiger charge is -2.34. The molecule has 6 aromatic rings. The van der Waals surface area contributed by atoms with Gasteiger partial charge in [0, 0.05) is 44.2 Å². The Labute approximate surface area is 344 Å². The van der Waals surface area contributed by atoms with E-state index in [0.717, 1.165) is 21.7 Å². The van der Waals surface area contributed by atoms with E-state index in [1.165, 1.54) is 24.0 Å². The molecule has 1 atom stereocenters. The van der Waals surface area contributed by atoms with Crippen LogP contribution in [0.4, 0.5) is 22.7 Å². The molecule has 0 aliphatic carbocycles. The van der Waals surface area contributed by atoms with Crippen molar-refractivity contribution in [1.29, 1.82) is 0 Å². The normalized spacial score (nSPS) is 14.1. The van der Waals surface area contributed by atoms with E-state index in [0.29, 0.717) is 69.8 Å². The van der Waals surface area contributed by atoms with Crippen molar-refractivity contribution in [1.82, 2.24) is 14.5 Å². The van der Waals surface area contributed by atoms with Gasteiger partial charge >= 0.3 is 0 Å². The number of methoxy groups -OCH3 is 1. The van der Waals surface area contributed by atoms with Gasteiger partial charge in [-0.1, -0.05) is 42.5 Å². The van der Waals surface area contributed by atoms with Gasteiger partial charge < -0.3 is 34.9 Å². The van der Waals surface area contributed by atoms with Crippen molar-refractivity contribution in [3.8, 4) is 22.1 Å². The molecule has 0 saturated carbocycles. The Morgan fingerprint density at radius 1 is 0.864 bits per heavy atom. The van der Waals surface area contributed by atoms with Crippen LogP contribution in [0.15, 0.2) is 108 Å². The first-order valence-corrected chi connectivity index (χ1v) is 19.9. The van der Waals surface area contributed by atoms with Crippen LogP contribution >= 0.6 is 11.3 Å². The number of ether oxygens (including phenoxy) is 2. The number of nitrogens with zero attached hydrogens (tertiary/aromatic N) is 4. The van der Waals surface area contributed by atoms with Gasteiger partial charge in [-0.2, -0.15) is 0 Å². The molecule has 0 radical (unpaired) electrons. The van der Waals surface area contributed by atoms with E-state index in [1.54, 1.807) is 54.3 Å². The van der Waals surface area contributed by atoms with Gasteiger partial charge in [-0.15, -0.1) is 11.3 Å². The minimum atomic E-state index is -0.371. The third kappa shape index (κ3) is 8.48. The Bertz CT molecular complexity index is 2600. The highest BCUT2D eigenvalue weighted by Gasteiger charge is 2.33. The number of carbonyl (C=O) groups excluding carboxylic acids is 4. The summed E-state index contributed by atoms with van der Waals surface area (Å²) in [6, 6.07) is 27.7. The maximum Gasteiger partial charge on any atom is 0.272 e. The van der Waals surface area contributed by atoms with E-state index in [1.807, 2.05) is 66.6 Å². The van der Waals surface area contributed by atoms with Crippen LogP contribution in [0.25, 0.3) is 10.6 Å². The number of aliphatic imine (C=N–C) groups is 1. The molecule has 3 aromatic carbocycles. The van der Waals surface area contributed by atoms with Gasteiger partial charge in [0.15, 0.2) is 11.5 Å². The summed E-state index contributed by atoms with van der Waals surface area (Å²) in [5.74, 6) is -0.0633.